The van der Waals surface area contributed by atoms with Crippen molar-refractivity contribution in [3.05, 3.63) is 97.2 Å². The number of hydrogen-bond donors (Lipinski definition) is 4. The number of carbonyl (C=O) groups excluding carboxylic acids is 3. The lowest BCUT2D eigenvalue weighted by molar-refractivity contribution is -0.161. The molecule has 117 heavy (non-hydrogen) atoms. The molecule has 0 saturated heterocycles. The second-order valence-corrected chi connectivity index (χ2v) is 35.8. The smallest absolute Gasteiger partial charge is 0.463 e. The van der Waals surface area contributed by atoms with Gasteiger partial charge < -0.3 is 34.2 Å². The minimum Gasteiger partial charge on any atom is -0.463 e. The summed E-state index contributed by atoms with van der Waals surface area (Å²) >= 11 is 0. The highest BCUT2D eigenvalue weighted by atomic mass is 31.2. The van der Waals surface area contributed by atoms with Gasteiger partial charge >= 0.3 is 33.6 Å². The SMILES string of the molecule is CCCCC/C=C\C/C=C\C/C=C\C/C=C\CCCCCCCCCCCCCCCCCCCCCC(=O)OCC(O)COP(=O)(O)OCC(O)COP(=O)(O)OCC(COC(=O)CCCCCCCCCCCCCCCCCCCCC/C=C\C/C=C\C/C=C\C/C=C\CCCCC)OC(=O)CCCCCCCCCCCCC. The molecule has 18 heteroatoms. The molecule has 0 aliphatic carbocycles. The Kier molecular flexibility index (Phi) is 88.9. The third kappa shape index (κ3) is 93.0. The summed E-state index contributed by atoms with van der Waals surface area (Å²) in [5, 5.41) is 20.7. The Morgan fingerprint density at radius 3 is 0.692 bits per heavy atom. The lowest BCUT2D eigenvalue weighted by Crippen LogP contribution is -2.30. The zero-order valence-electron chi connectivity index (χ0n) is 75.4. The summed E-state index contributed by atoms with van der Waals surface area (Å²) in [6.07, 6.45) is 111. The number of unbranched alkanes of at least 4 members (excludes halogenated alkanes) is 54. The highest BCUT2D eigenvalue weighted by Gasteiger charge is 2.30. The van der Waals surface area contributed by atoms with Gasteiger partial charge in [0.1, 0.15) is 25.4 Å². The van der Waals surface area contributed by atoms with Gasteiger partial charge in [-0.3, -0.25) is 32.5 Å². The molecule has 0 spiro atoms. The van der Waals surface area contributed by atoms with E-state index in [-0.39, 0.29) is 19.3 Å². The quantitative estimate of drug-likeness (QED) is 0.0146. The molecule has 0 heterocycles. The molecular formula is C99H180O16P2. The van der Waals surface area contributed by atoms with Gasteiger partial charge in [-0.1, -0.05) is 426 Å². The summed E-state index contributed by atoms with van der Waals surface area (Å²) in [5.41, 5.74) is 0. The van der Waals surface area contributed by atoms with E-state index in [4.69, 9.17) is 32.3 Å². The zero-order chi connectivity index (χ0) is 85.1. The Bertz CT molecular complexity index is 2510. The number of aliphatic hydroxyl groups is 2. The van der Waals surface area contributed by atoms with Gasteiger partial charge in [0.2, 0.25) is 0 Å². The van der Waals surface area contributed by atoms with Crippen molar-refractivity contribution in [3.63, 3.8) is 0 Å². The van der Waals surface area contributed by atoms with Gasteiger partial charge in [-0.2, -0.15) is 0 Å². The monoisotopic (exact) mass is 1690 g/mol. The van der Waals surface area contributed by atoms with Crippen LogP contribution in [0.1, 0.15) is 457 Å². The van der Waals surface area contributed by atoms with Crippen LogP contribution < -0.4 is 0 Å². The first kappa shape index (κ1) is 113. The molecule has 0 aromatic rings. The van der Waals surface area contributed by atoms with Gasteiger partial charge in [0.25, 0.3) is 0 Å². The molecule has 0 bridgehead atoms. The van der Waals surface area contributed by atoms with Crippen molar-refractivity contribution in [3.8, 4) is 0 Å². The molecule has 0 radical (unpaired) electrons. The first-order chi connectivity index (χ1) is 57.2. The van der Waals surface area contributed by atoms with E-state index in [1.165, 1.54) is 295 Å². The number of carbonyl (C=O) groups is 3. The van der Waals surface area contributed by atoms with Crippen molar-refractivity contribution in [2.24, 2.45) is 0 Å². The summed E-state index contributed by atoms with van der Waals surface area (Å²) in [6.45, 7) is 2.70. The molecule has 5 atom stereocenters. The number of phosphoric acid groups is 2. The molecule has 0 saturated carbocycles. The van der Waals surface area contributed by atoms with E-state index in [1.54, 1.807) is 0 Å². The van der Waals surface area contributed by atoms with E-state index >= 15 is 0 Å². The standard InChI is InChI=1S/C99H180O16P2/c1-4-7-10-13-16-19-22-24-26-28-30-32-34-36-38-40-42-44-46-48-50-52-54-56-58-60-62-64-66-68-71-73-76-79-82-85-97(102)109-88-94(100)89-111-116(105,106)112-90-95(101)91-113-117(107,108)114-93-96(115-99(104)87-84-81-78-75-70-21-18-15-12-9-6-3)92-110-98(103)86-83-80-77-74-72-69-67-65-63-61-59-57-55-53-51-49-47-45-43-41-39-37-35-33-31-29-27-25-23-20-17-14-11-8-5-2/h16-17,19-20,24-27,30-33,36-39,94-96,100-101H,4-15,18,21-23,28-29,34-35,40-93H2,1-3H3,(H,105,106)(H,107,108)/b19-16-,20-17-,26-24-,27-25-,32-30-,33-31-,38-36-,39-37-. The molecule has 0 fully saturated rings. The fourth-order valence-corrected chi connectivity index (χ4v) is 15.5. The number of allylic oxidation sites excluding steroid dienone is 16. The molecule has 0 aromatic heterocycles. The minimum absolute atomic E-state index is 0.111. The lowest BCUT2D eigenvalue weighted by Gasteiger charge is -2.21. The maximum atomic E-state index is 13.0. The van der Waals surface area contributed by atoms with Crippen molar-refractivity contribution in [1.29, 1.82) is 0 Å². The van der Waals surface area contributed by atoms with Crippen LogP contribution in [-0.2, 0) is 55.8 Å². The zero-order valence-corrected chi connectivity index (χ0v) is 77.2. The van der Waals surface area contributed by atoms with Crippen molar-refractivity contribution in [1.82, 2.24) is 0 Å². The van der Waals surface area contributed by atoms with E-state index in [0.717, 1.165) is 103 Å². The van der Waals surface area contributed by atoms with Crippen LogP contribution in [0.25, 0.3) is 0 Å². The topological polar surface area (TPSA) is 231 Å². The Balaban J connectivity index is 4.27. The number of esters is 3. The number of hydrogen-bond acceptors (Lipinski definition) is 14. The van der Waals surface area contributed by atoms with Crippen molar-refractivity contribution >= 4 is 33.6 Å². The van der Waals surface area contributed by atoms with Crippen LogP contribution in [0.4, 0.5) is 0 Å². The van der Waals surface area contributed by atoms with E-state index in [1.807, 2.05) is 0 Å². The van der Waals surface area contributed by atoms with Crippen LogP contribution in [0.5, 0.6) is 0 Å². The van der Waals surface area contributed by atoms with E-state index in [9.17, 15) is 43.5 Å². The fraction of sp³-hybridized carbons (Fsp3) is 0.808. The Morgan fingerprint density at radius 2 is 0.427 bits per heavy atom. The molecule has 682 valence electrons. The molecule has 0 aliphatic rings. The average molecular weight is 1690 g/mol. The summed E-state index contributed by atoms with van der Waals surface area (Å²) in [4.78, 5) is 58.8. The van der Waals surface area contributed by atoms with Gasteiger partial charge in [-0.15, -0.1) is 0 Å². The number of phosphoric ester groups is 2. The minimum atomic E-state index is -4.93. The van der Waals surface area contributed by atoms with Crippen LogP contribution in [0.3, 0.4) is 0 Å². The highest BCUT2D eigenvalue weighted by molar-refractivity contribution is 7.47. The van der Waals surface area contributed by atoms with E-state index < -0.39 is 91.5 Å². The highest BCUT2D eigenvalue weighted by Crippen LogP contribution is 2.45. The largest absolute Gasteiger partial charge is 0.472 e. The predicted octanol–water partition coefficient (Wildman–Crippen LogP) is 30.0. The Hall–Kier alpha value is -3.53. The predicted molar refractivity (Wildman–Crippen MR) is 491 cm³/mol. The second kappa shape index (κ2) is 91.7. The fourth-order valence-electron chi connectivity index (χ4n) is 13.9. The molecule has 0 aliphatic heterocycles. The van der Waals surface area contributed by atoms with Gasteiger partial charge in [0.15, 0.2) is 6.10 Å². The van der Waals surface area contributed by atoms with Gasteiger partial charge in [-0.05, 0) is 109 Å². The third-order valence-electron chi connectivity index (χ3n) is 21.3. The summed E-state index contributed by atoms with van der Waals surface area (Å²) in [6, 6.07) is 0. The molecule has 4 N–H and O–H groups in total. The van der Waals surface area contributed by atoms with Gasteiger partial charge in [0, 0.05) is 19.3 Å². The first-order valence-electron chi connectivity index (χ1n) is 48.5. The molecule has 0 rings (SSSR count). The van der Waals surface area contributed by atoms with E-state index in [0.29, 0.717) is 19.3 Å². The Labute approximate surface area is 718 Å². The normalized spacial score (nSPS) is 14.1. The molecule has 5 unspecified atom stereocenters. The molecular weight excluding hydrogens is 1510 g/mol. The van der Waals surface area contributed by atoms with Crippen LogP contribution in [-0.4, -0.2) is 95.9 Å². The lowest BCUT2D eigenvalue weighted by atomic mass is 10.0. The maximum Gasteiger partial charge on any atom is 0.472 e. The summed E-state index contributed by atoms with van der Waals surface area (Å²) < 4.78 is 61.4. The molecule has 0 aromatic carbocycles. The van der Waals surface area contributed by atoms with Crippen LogP contribution in [0, 0.1) is 0 Å². The van der Waals surface area contributed by atoms with Crippen molar-refractivity contribution in [2.75, 3.05) is 39.6 Å². The van der Waals surface area contributed by atoms with Gasteiger partial charge in [0.05, 0.1) is 26.4 Å². The second-order valence-electron chi connectivity index (χ2n) is 32.9. The van der Waals surface area contributed by atoms with Crippen LogP contribution in [0.15, 0.2) is 97.2 Å². The summed E-state index contributed by atoms with van der Waals surface area (Å²) in [7, 11) is -9.78. The number of ether oxygens (including phenoxy) is 3. The van der Waals surface area contributed by atoms with E-state index in [2.05, 4.69) is 118 Å². The Morgan fingerprint density at radius 1 is 0.239 bits per heavy atom. The summed E-state index contributed by atoms with van der Waals surface area (Å²) in [5.74, 6) is -1.54. The van der Waals surface area contributed by atoms with Crippen LogP contribution >= 0.6 is 15.6 Å². The van der Waals surface area contributed by atoms with Crippen LogP contribution in [0.2, 0.25) is 0 Å². The maximum absolute atomic E-state index is 13.0. The van der Waals surface area contributed by atoms with Gasteiger partial charge in [-0.25, -0.2) is 9.13 Å². The number of rotatable bonds is 93. The third-order valence-corrected chi connectivity index (χ3v) is 23.2. The average Bonchev–Trinajstić information content (AvgIpc) is 0.920. The molecule has 0 amide bonds. The first-order valence-corrected chi connectivity index (χ1v) is 51.5. The molecule has 16 nitrogen and oxygen atoms in total. The number of aliphatic hydroxyl groups excluding tert-OH is 2. The van der Waals surface area contributed by atoms with Crippen molar-refractivity contribution < 1.29 is 75.8 Å². The van der Waals surface area contributed by atoms with Crippen molar-refractivity contribution in [2.45, 2.75) is 476 Å².